The molecule has 2 fully saturated rings. The number of primary amides is 1. The number of rotatable bonds is 6. The minimum absolute atomic E-state index is 0.174. The highest BCUT2D eigenvalue weighted by Crippen LogP contribution is 2.45. The van der Waals surface area contributed by atoms with E-state index < -0.39 is 17.1 Å². The molecular formula is C19H31N3O4. The second-order valence-electron chi connectivity index (χ2n) is 8.12. The maximum Gasteiger partial charge on any atom is 0.406 e. The normalized spacial score (nSPS) is 21.5. The minimum Gasteiger partial charge on any atom is -0.426 e. The third kappa shape index (κ3) is 4.88. The molecule has 1 saturated carbocycles. The predicted octanol–water partition coefficient (Wildman–Crippen LogP) is 2.59. The monoisotopic (exact) mass is 365 g/mol. The van der Waals surface area contributed by atoms with Crippen LogP contribution in [0.3, 0.4) is 0 Å². The first-order valence-electron chi connectivity index (χ1n) is 9.55. The molecule has 7 nitrogen and oxygen atoms in total. The fourth-order valence-electron chi connectivity index (χ4n) is 4.21. The molecule has 1 saturated heterocycles. The van der Waals surface area contributed by atoms with E-state index in [-0.39, 0.29) is 12.3 Å². The Morgan fingerprint density at radius 3 is 2.38 bits per heavy atom. The molecule has 0 spiro atoms. The second kappa shape index (κ2) is 8.72. The fourth-order valence-corrected chi connectivity index (χ4v) is 4.21. The summed E-state index contributed by atoms with van der Waals surface area (Å²) < 4.78 is 10.6. The van der Waals surface area contributed by atoms with E-state index in [1.807, 2.05) is 13.8 Å². The smallest absolute Gasteiger partial charge is 0.406 e. The summed E-state index contributed by atoms with van der Waals surface area (Å²) in [5.74, 6) is 0.272. The van der Waals surface area contributed by atoms with Gasteiger partial charge in [0.15, 0.2) is 0 Å². The van der Waals surface area contributed by atoms with Gasteiger partial charge >= 0.3 is 6.09 Å². The fraction of sp³-hybridized carbons (Fsp3) is 0.842. The zero-order valence-corrected chi connectivity index (χ0v) is 16.0. The molecule has 1 heterocycles. The van der Waals surface area contributed by atoms with E-state index in [2.05, 4.69) is 6.07 Å². The summed E-state index contributed by atoms with van der Waals surface area (Å²) in [5, 5.41) is 9.96. The van der Waals surface area contributed by atoms with Gasteiger partial charge < -0.3 is 20.1 Å². The Bertz CT molecular complexity index is 545. The van der Waals surface area contributed by atoms with Gasteiger partial charge in [0.25, 0.3) is 0 Å². The lowest BCUT2D eigenvalue weighted by molar-refractivity contribution is -0.143. The quantitative estimate of drug-likeness (QED) is 0.779. The summed E-state index contributed by atoms with van der Waals surface area (Å²) in [7, 11) is 0. The molecule has 2 aliphatic rings. The van der Waals surface area contributed by atoms with Gasteiger partial charge in [-0.25, -0.2) is 4.79 Å². The molecule has 0 radical (unpaired) electrons. The number of nitrogens with two attached hydrogens (primary N) is 1. The van der Waals surface area contributed by atoms with Gasteiger partial charge in [-0.05, 0) is 12.3 Å². The lowest BCUT2D eigenvalue weighted by atomic mass is 9.66. The number of amides is 2. The van der Waals surface area contributed by atoms with E-state index in [0.717, 1.165) is 19.3 Å². The molecule has 0 bridgehead atoms. The van der Waals surface area contributed by atoms with Crippen LogP contribution in [0.15, 0.2) is 0 Å². The third-order valence-electron chi connectivity index (χ3n) is 5.84. The van der Waals surface area contributed by atoms with Crippen LogP contribution < -0.4 is 5.73 Å². The number of hydrogen-bond acceptors (Lipinski definition) is 5. The highest BCUT2D eigenvalue weighted by atomic mass is 16.6. The third-order valence-corrected chi connectivity index (χ3v) is 5.84. The standard InChI is InChI=1S/C19H31N3O4/c1-18(2,12-15-6-4-3-5-7-15)19(14-20,26-17(21)24)13-16(23)22-8-10-25-11-9-22/h15H,3-13H2,1-2H3,(H2,21,24)/t19-/m1/s1. The van der Waals surface area contributed by atoms with Crippen molar-refractivity contribution in [1.82, 2.24) is 4.90 Å². The minimum atomic E-state index is -1.56. The molecule has 7 heteroatoms. The molecule has 2 rings (SSSR count). The molecule has 0 aromatic rings. The van der Waals surface area contributed by atoms with Gasteiger partial charge in [-0.2, -0.15) is 5.26 Å². The lowest BCUT2D eigenvalue weighted by Gasteiger charge is -2.43. The van der Waals surface area contributed by atoms with Crippen molar-refractivity contribution >= 4 is 12.0 Å². The van der Waals surface area contributed by atoms with Crippen molar-refractivity contribution in [2.75, 3.05) is 26.3 Å². The van der Waals surface area contributed by atoms with Crippen LogP contribution >= 0.6 is 0 Å². The number of hydrogen-bond donors (Lipinski definition) is 1. The Morgan fingerprint density at radius 2 is 1.85 bits per heavy atom. The van der Waals surface area contributed by atoms with Crippen molar-refractivity contribution in [2.45, 2.75) is 64.4 Å². The van der Waals surface area contributed by atoms with Crippen LogP contribution in [0.25, 0.3) is 0 Å². The number of morpholine rings is 1. The highest BCUT2D eigenvalue weighted by Gasteiger charge is 2.52. The van der Waals surface area contributed by atoms with Gasteiger partial charge in [0.05, 0.1) is 19.6 Å². The molecule has 1 aliphatic carbocycles. The van der Waals surface area contributed by atoms with Crippen molar-refractivity contribution in [2.24, 2.45) is 17.1 Å². The summed E-state index contributed by atoms with van der Waals surface area (Å²) in [6.07, 6.45) is 5.37. The van der Waals surface area contributed by atoms with Gasteiger partial charge in [-0.15, -0.1) is 0 Å². The summed E-state index contributed by atoms with van der Waals surface area (Å²) in [4.78, 5) is 26.0. The molecule has 1 atom stereocenters. The first kappa shape index (κ1) is 20.5. The van der Waals surface area contributed by atoms with Crippen LogP contribution in [0.1, 0.15) is 58.8 Å². The Hall–Kier alpha value is -1.81. The van der Waals surface area contributed by atoms with Crippen molar-refractivity contribution in [3.63, 3.8) is 0 Å². The van der Waals surface area contributed by atoms with Crippen LogP contribution in [0.2, 0.25) is 0 Å². The maximum absolute atomic E-state index is 12.8. The van der Waals surface area contributed by atoms with Gasteiger partial charge in [0.2, 0.25) is 11.5 Å². The number of nitriles is 1. The Labute approximate surface area is 155 Å². The summed E-state index contributed by atoms with van der Waals surface area (Å²) in [6, 6.07) is 2.14. The highest BCUT2D eigenvalue weighted by molar-refractivity contribution is 5.79. The number of nitrogens with zero attached hydrogens (tertiary/aromatic N) is 2. The zero-order chi connectivity index (χ0) is 19.2. The zero-order valence-electron chi connectivity index (χ0n) is 16.0. The molecule has 0 aromatic heterocycles. The van der Waals surface area contributed by atoms with Crippen LogP contribution in [-0.4, -0.2) is 48.8 Å². The Balaban J connectivity index is 2.19. The molecule has 0 aromatic carbocycles. The first-order valence-corrected chi connectivity index (χ1v) is 9.55. The lowest BCUT2D eigenvalue weighted by Crippen LogP contribution is -2.53. The molecule has 2 amide bonds. The molecule has 2 N–H and O–H groups in total. The molecule has 146 valence electrons. The molecular weight excluding hydrogens is 334 g/mol. The van der Waals surface area contributed by atoms with Crippen LogP contribution in [0, 0.1) is 22.7 Å². The van der Waals surface area contributed by atoms with E-state index in [1.54, 1.807) is 4.90 Å². The molecule has 1 aliphatic heterocycles. The van der Waals surface area contributed by atoms with E-state index >= 15 is 0 Å². The second-order valence-corrected chi connectivity index (χ2v) is 8.12. The van der Waals surface area contributed by atoms with E-state index in [1.165, 1.54) is 19.3 Å². The summed E-state index contributed by atoms with van der Waals surface area (Å²) in [6.45, 7) is 5.74. The number of ether oxygens (including phenoxy) is 2. The topological polar surface area (TPSA) is 106 Å². The largest absolute Gasteiger partial charge is 0.426 e. The van der Waals surface area contributed by atoms with E-state index in [0.29, 0.717) is 32.2 Å². The van der Waals surface area contributed by atoms with Crippen molar-refractivity contribution in [3.8, 4) is 6.07 Å². The Morgan fingerprint density at radius 1 is 1.23 bits per heavy atom. The van der Waals surface area contributed by atoms with E-state index in [4.69, 9.17) is 15.2 Å². The SMILES string of the molecule is CC(C)(CC1CCCCC1)[C@](C#N)(CC(=O)N1CCOCC1)OC(N)=O. The summed E-state index contributed by atoms with van der Waals surface area (Å²) >= 11 is 0. The van der Waals surface area contributed by atoms with Crippen molar-refractivity contribution in [3.05, 3.63) is 0 Å². The van der Waals surface area contributed by atoms with Crippen LogP contribution in [-0.2, 0) is 14.3 Å². The maximum atomic E-state index is 12.8. The molecule has 26 heavy (non-hydrogen) atoms. The molecule has 0 unspecified atom stereocenters. The van der Waals surface area contributed by atoms with Gasteiger partial charge in [-0.3, -0.25) is 4.79 Å². The van der Waals surface area contributed by atoms with E-state index in [9.17, 15) is 14.9 Å². The van der Waals surface area contributed by atoms with Crippen molar-refractivity contribution in [1.29, 1.82) is 5.26 Å². The van der Waals surface area contributed by atoms with Crippen molar-refractivity contribution < 1.29 is 19.1 Å². The van der Waals surface area contributed by atoms with Gasteiger partial charge in [0, 0.05) is 18.5 Å². The van der Waals surface area contributed by atoms with Gasteiger partial charge in [0.1, 0.15) is 6.07 Å². The average Bonchev–Trinajstić information content (AvgIpc) is 2.61. The number of carbonyl (C=O) groups excluding carboxylic acids is 2. The predicted molar refractivity (Wildman–Crippen MR) is 96.0 cm³/mol. The number of carbonyl (C=O) groups is 2. The Kier molecular flexibility index (Phi) is 6.87. The van der Waals surface area contributed by atoms with Gasteiger partial charge in [-0.1, -0.05) is 46.0 Å². The average molecular weight is 365 g/mol. The summed E-state index contributed by atoms with van der Waals surface area (Å²) in [5.41, 5.74) is 3.04. The first-order chi connectivity index (χ1) is 12.3. The van der Waals surface area contributed by atoms with Crippen LogP contribution in [0.5, 0.6) is 0 Å². The van der Waals surface area contributed by atoms with Crippen LogP contribution in [0.4, 0.5) is 4.79 Å².